The lowest BCUT2D eigenvalue weighted by molar-refractivity contribution is 0.209. The number of rotatable bonds is 4. The van der Waals surface area contributed by atoms with Crippen molar-refractivity contribution in [2.75, 3.05) is 5.32 Å². The number of benzene rings is 2. The van der Waals surface area contributed by atoms with Gasteiger partial charge in [0, 0.05) is 47.0 Å². The second-order valence-electron chi connectivity index (χ2n) is 7.84. The maximum absolute atomic E-state index is 13.8. The van der Waals surface area contributed by atoms with Crippen molar-refractivity contribution in [3.63, 3.8) is 0 Å². The van der Waals surface area contributed by atoms with Gasteiger partial charge in [0.25, 0.3) is 10.0 Å². The number of hydrogen-bond acceptors (Lipinski definition) is 4. The number of anilines is 1. The van der Waals surface area contributed by atoms with E-state index in [0.29, 0.717) is 33.4 Å². The van der Waals surface area contributed by atoms with Crippen LogP contribution in [-0.4, -0.2) is 33.1 Å². The predicted molar refractivity (Wildman–Crippen MR) is 127 cm³/mol. The predicted octanol–water partition coefficient (Wildman–Crippen LogP) is 4.83. The highest BCUT2D eigenvalue weighted by Crippen LogP contribution is 2.37. The molecular weight excluding hydrogens is 440 g/mol. The zero-order chi connectivity index (χ0) is 23.3. The normalized spacial score (nSPS) is 11.8. The molecule has 5 aromatic rings. The van der Waals surface area contributed by atoms with E-state index < -0.39 is 16.1 Å². The van der Waals surface area contributed by atoms with E-state index in [2.05, 4.69) is 10.3 Å². The number of amides is 1. The van der Waals surface area contributed by atoms with Crippen molar-refractivity contribution in [1.82, 2.24) is 13.5 Å². The van der Waals surface area contributed by atoms with Gasteiger partial charge in [-0.25, -0.2) is 22.2 Å². The Morgan fingerprint density at radius 3 is 2.55 bits per heavy atom. The van der Waals surface area contributed by atoms with Crippen molar-refractivity contribution in [2.45, 2.75) is 11.8 Å². The molecule has 0 aliphatic carbocycles. The zero-order valence-electron chi connectivity index (χ0n) is 17.9. The van der Waals surface area contributed by atoms with Crippen molar-refractivity contribution in [1.29, 1.82) is 0 Å². The standard InChI is InChI=1S/C24H20N4O4S/c1-15-5-8-18(9-6-15)33(31,32)28-22(12-16-4-3-11-25-23(16)28)20-14-27(2)21-10-7-17(13-19(20)21)26-24(29)30/h3-14,26H,1-2H3,(H,29,30). The van der Waals surface area contributed by atoms with E-state index in [4.69, 9.17) is 5.11 Å². The summed E-state index contributed by atoms with van der Waals surface area (Å²) in [5.41, 5.74) is 3.60. The number of aromatic nitrogens is 3. The number of hydrogen-bond donors (Lipinski definition) is 2. The van der Waals surface area contributed by atoms with E-state index in [0.717, 1.165) is 11.1 Å². The fourth-order valence-electron chi connectivity index (χ4n) is 4.06. The molecule has 9 heteroatoms. The lowest BCUT2D eigenvalue weighted by Gasteiger charge is -2.12. The minimum absolute atomic E-state index is 0.158. The fraction of sp³-hybridized carbons (Fsp3) is 0.0833. The monoisotopic (exact) mass is 460 g/mol. The third-order valence-corrected chi connectivity index (χ3v) is 7.31. The number of carbonyl (C=O) groups is 1. The minimum atomic E-state index is -3.97. The van der Waals surface area contributed by atoms with E-state index in [1.165, 1.54) is 3.97 Å². The number of carboxylic acid groups (broad SMARTS) is 1. The van der Waals surface area contributed by atoms with Gasteiger partial charge in [-0.1, -0.05) is 17.7 Å². The first-order chi connectivity index (χ1) is 15.8. The largest absolute Gasteiger partial charge is 0.465 e. The number of nitrogens with one attached hydrogen (secondary N) is 1. The second kappa shape index (κ2) is 7.49. The zero-order valence-corrected chi connectivity index (χ0v) is 18.7. The summed E-state index contributed by atoms with van der Waals surface area (Å²) in [6, 6.07) is 17.2. The van der Waals surface area contributed by atoms with Crippen molar-refractivity contribution in [3.05, 3.63) is 78.6 Å². The molecule has 0 unspecified atom stereocenters. The maximum Gasteiger partial charge on any atom is 0.409 e. The summed E-state index contributed by atoms with van der Waals surface area (Å²) < 4.78 is 30.7. The van der Waals surface area contributed by atoms with Crippen LogP contribution in [0, 0.1) is 6.92 Å². The van der Waals surface area contributed by atoms with Crippen LogP contribution in [0.4, 0.5) is 10.5 Å². The topological polar surface area (TPSA) is 106 Å². The molecule has 0 aliphatic heterocycles. The summed E-state index contributed by atoms with van der Waals surface area (Å²) in [4.78, 5) is 15.7. The molecule has 0 bridgehead atoms. The Morgan fingerprint density at radius 1 is 1.06 bits per heavy atom. The molecule has 3 heterocycles. The molecule has 2 aromatic carbocycles. The van der Waals surface area contributed by atoms with Crippen LogP contribution in [0.3, 0.4) is 0 Å². The average Bonchev–Trinajstić information content (AvgIpc) is 3.31. The van der Waals surface area contributed by atoms with Crippen molar-refractivity contribution in [3.8, 4) is 11.3 Å². The van der Waals surface area contributed by atoms with E-state index >= 15 is 0 Å². The number of aryl methyl sites for hydroxylation is 2. The van der Waals surface area contributed by atoms with Crippen LogP contribution < -0.4 is 5.32 Å². The fourth-order valence-corrected chi connectivity index (χ4v) is 5.54. The third-order valence-electron chi connectivity index (χ3n) is 5.60. The Balaban J connectivity index is 1.82. The summed E-state index contributed by atoms with van der Waals surface area (Å²) in [5, 5.41) is 12.9. The van der Waals surface area contributed by atoms with Crippen molar-refractivity contribution in [2.24, 2.45) is 7.05 Å². The van der Waals surface area contributed by atoms with Crippen LogP contribution >= 0.6 is 0 Å². The summed E-state index contributed by atoms with van der Waals surface area (Å²) in [7, 11) is -2.11. The van der Waals surface area contributed by atoms with Crippen LogP contribution in [0.5, 0.6) is 0 Å². The SMILES string of the molecule is Cc1ccc(S(=O)(=O)n2c(-c3cn(C)c4ccc(NC(=O)O)cc34)cc3cccnc32)cc1. The maximum atomic E-state index is 13.8. The van der Waals surface area contributed by atoms with Gasteiger partial charge in [0.1, 0.15) is 0 Å². The second-order valence-corrected chi connectivity index (χ2v) is 9.63. The summed E-state index contributed by atoms with van der Waals surface area (Å²) in [5.74, 6) is 0. The van der Waals surface area contributed by atoms with Gasteiger partial charge >= 0.3 is 6.09 Å². The Morgan fingerprint density at radius 2 is 1.82 bits per heavy atom. The van der Waals surface area contributed by atoms with E-state index in [-0.39, 0.29) is 4.90 Å². The quantitative estimate of drug-likeness (QED) is 0.400. The van der Waals surface area contributed by atoms with Crippen LogP contribution in [0.2, 0.25) is 0 Å². The Hall–Kier alpha value is -4.11. The molecule has 0 saturated heterocycles. The first-order valence-electron chi connectivity index (χ1n) is 10.1. The van der Waals surface area contributed by atoms with E-state index in [1.807, 2.05) is 30.8 Å². The van der Waals surface area contributed by atoms with Gasteiger partial charge in [-0.05, 0) is 55.5 Å². The number of pyridine rings is 1. The van der Waals surface area contributed by atoms with Crippen molar-refractivity contribution >= 4 is 43.7 Å². The Kier molecular flexibility index (Phi) is 4.71. The average molecular weight is 461 g/mol. The molecule has 1 amide bonds. The molecule has 0 fully saturated rings. The van der Waals surface area contributed by atoms with Crippen LogP contribution in [0.25, 0.3) is 33.2 Å². The Bertz CT molecular complexity index is 1650. The van der Waals surface area contributed by atoms with Gasteiger partial charge in [-0.3, -0.25) is 5.32 Å². The molecule has 2 N–H and O–H groups in total. The first kappa shape index (κ1) is 20.8. The molecule has 5 rings (SSSR count). The lowest BCUT2D eigenvalue weighted by Crippen LogP contribution is -2.14. The third kappa shape index (κ3) is 3.42. The molecular formula is C24H20N4O4S. The summed E-state index contributed by atoms with van der Waals surface area (Å²) >= 11 is 0. The first-order valence-corrected chi connectivity index (χ1v) is 11.6. The molecule has 8 nitrogen and oxygen atoms in total. The van der Waals surface area contributed by atoms with Gasteiger partial charge in [0.2, 0.25) is 0 Å². The van der Waals surface area contributed by atoms with Gasteiger partial charge in [0.15, 0.2) is 5.65 Å². The lowest BCUT2D eigenvalue weighted by atomic mass is 10.1. The van der Waals surface area contributed by atoms with Crippen LogP contribution in [0.1, 0.15) is 5.56 Å². The smallest absolute Gasteiger partial charge is 0.409 e. The summed E-state index contributed by atoms with van der Waals surface area (Å²) in [6.45, 7) is 1.90. The van der Waals surface area contributed by atoms with Gasteiger partial charge in [-0.2, -0.15) is 0 Å². The molecule has 166 valence electrons. The number of nitrogens with zero attached hydrogens (tertiary/aromatic N) is 3. The van der Waals surface area contributed by atoms with Gasteiger partial charge in [0.05, 0.1) is 10.6 Å². The van der Waals surface area contributed by atoms with E-state index in [1.54, 1.807) is 60.8 Å². The van der Waals surface area contributed by atoms with Crippen LogP contribution in [0.15, 0.2) is 78.0 Å². The molecule has 0 saturated carbocycles. The van der Waals surface area contributed by atoms with E-state index in [9.17, 15) is 13.2 Å². The van der Waals surface area contributed by atoms with Gasteiger partial charge < -0.3 is 9.67 Å². The molecule has 33 heavy (non-hydrogen) atoms. The minimum Gasteiger partial charge on any atom is -0.465 e. The highest BCUT2D eigenvalue weighted by molar-refractivity contribution is 7.90. The molecule has 0 spiro atoms. The highest BCUT2D eigenvalue weighted by Gasteiger charge is 2.26. The molecule has 0 atom stereocenters. The highest BCUT2D eigenvalue weighted by atomic mass is 32.2. The Labute approximate surface area is 189 Å². The van der Waals surface area contributed by atoms with Crippen molar-refractivity contribution < 1.29 is 18.3 Å². The van der Waals surface area contributed by atoms with Crippen LogP contribution in [-0.2, 0) is 17.1 Å². The number of fused-ring (bicyclic) bond motifs is 2. The van der Waals surface area contributed by atoms with Gasteiger partial charge in [-0.15, -0.1) is 0 Å². The molecule has 0 aliphatic rings. The molecule has 3 aromatic heterocycles. The molecule has 0 radical (unpaired) electrons. The summed E-state index contributed by atoms with van der Waals surface area (Å²) in [6.07, 6.45) is 2.22.